The van der Waals surface area contributed by atoms with Crippen LogP contribution in [0, 0.1) is 5.92 Å². The van der Waals surface area contributed by atoms with Gasteiger partial charge in [0.25, 0.3) is 5.91 Å². The summed E-state index contributed by atoms with van der Waals surface area (Å²) in [6.45, 7) is 3.18. The van der Waals surface area contributed by atoms with Gasteiger partial charge in [-0.05, 0) is 23.6 Å². The molecular weight excluding hydrogens is 371 g/mol. The maximum atomic E-state index is 13.0. The van der Waals surface area contributed by atoms with Crippen LogP contribution in [0.25, 0.3) is 0 Å². The molecule has 150 valence electrons. The first-order valence-electron chi connectivity index (χ1n) is 8.91. The number of carbonyl (C=O) groups is 2. The number of amides is 1. The minimum atomic E-state index is -4.60. The molecule has 0 fully saturated rings. The third-order valence-corrected chi connectivity index (χ3v) is 4.48. The molecule has 0 bridgehead atoms. The number of anilines is 1. The Balaban J connectivity index is 2.05. The average Bonchev–Trinajstić information content (AvgIpc) is 2.67. The molecule has 4 nitrogen and oxygen atoms in total. The molecular formula is C21H22F3NO3. The lowest BCUT2D eigenvalue weighted by Crippen LogP contribution is -2.27. The van der Waals surface area contributed by atoms with Crippen molar-refractivity contribution >= 4 is 17.6 Å². The number of halogens is 3. The monoisotopic (exact) mass is 393 g/mol. The van der Waals surface area contributed by atoms with Gasteiger partial charge in [-0.1, -0.05) is 62.7 Å². The average molecular weight is 393 g/mol. The first kappa shape index (κ1) is 21.5. The van der Waals surface area contributed by atoms with Crippen LogP contribution in [0.2, 0.25) is 0 Å². The van der Waals surface area contributed by atoms with E-state index in [1.54, 1.807) is 24.3 Å². The standard InChI is InChI=1S/C21H22F3NO3/c1-3-14(2)19(15-9-5-4-6-10-15)20(27)28-13-18(26)25-17-12-8-7-11-16(17)21(22,23)24/h4-12,14,19H,3,13H2,1-2H3,(H,25,26). The van der Waals surface area contributed by atoms with Gasteiger partial charge in [0.15, 0.2) is 6.61 Å². The molecule has 0 aliphatic heterocycles. The van der Waals surface area contributed by atoms with Crippen molar-refractivity contribution in [1.29, 1.82) is 0 Å². The Morgan fingerprint density at radius 3 is 2.25 bits per heavy atom. The van der Waals surface area contributed by atoms with E-state index in [0.717, 1.165) is 24.1 Å². The molecule has 1 N–H and O–H groups in total. The zero-order valence-corrected chi connectivity index (χ0v) is 15.6. The molecule has 0 aliphatic rings. The second kappa shape index (κ2) is 9.39. The Labute approximate surface area is 161 Å². The van der Waals surface area contributed by atoms with Gasteiger partial charge >= 0.3 is 12.1 Å². The van der Waals surface area contributed by atoms with E-state index in [9.17, 15) is 22.8 Å². The molecule has 0 aromatic heterocycles. The van der Waals surface area contributed by atoms with Crippen molar-refractivity contribution < 1.29 is 27.5 Å². The number of nitrogens with one attached hydrogen (secondary N) is 1. The van der Waals surface area contributed by atoms with E-state index in [0.29, 0.717) is 0 Å². The summed E-state index contributed by atoms with van der Waals surface area (Å²) < 4.78 is 44.1. The minimum absolute atomic E-state index is 0.0242. The third-order valence-electron chi connectivity index (χ3n) is 4.48. The highest BCUT2D eigenvalue weighted by Crippen LogP contribution is 2.34. The Morgan fingerprint density at radius 1 is 1.04 bits per heavy atom. The molecule has 2 rings (SSSR count). The number of alkyl halides is 3. The highest BCUT2D eigenvalue weighted by atomic mass is 19.4. The summed E-state index contributed by atoms with van der Waals surface area (Å²) in [7, 11) is 0. The molecule has 0 radical (unpaired) electrons. The molecule has 2 aromatic rings. The van der Waals surface area contributed by atoms with Crippen LogP contribution in [0.3, 0.4) is 0 Å². The smallest absolute Gasteiger partial charge is 0.418 e. The number of benzene rings is 2. The van der Waals surface area contributed by atoms with Gasteiger partial charge in [0, 0.05) is 0 Å². The van der Waals surface area contributed by atoms with Crippen LogP contribution in [0.5, 0.6) is 0 Å². The van der Waals surface area contributed by atoms with Crippen molar-refractivity contribution in [2.45, 2.75) is 32.4 Å². The van der Waals surface area contributed by atoms with Crippen LogP contribution in [-0.4, -0.2) is 18.5 Å². The Bertz CT molecular complexity index is 806. The quantitative estimate of drug-likeness (QED) is 0.673. The van der Waals surface area contributed by atoms with Crippen LogP contribution in [-0.2, 0) is 20.5 Å². The molecule has 28 heavy (non-hydrogen) atoms. The maximum Gasteiger partial charge on any atom is 0.418 e. The zero-order valence-electron chi connectivity index (χ0n) is 15.6. The fourth-order valence-corrected chi connectivity index (χ4v) is 2.85. The Hall–Kier alpha value is -2.83. The lowest BCUT2D eigenvalue weighted by Gasteiger charge is -2.22. The molecule has 2 aromatic carbocycles. The van der Waals surface area contributed by atoms with E-state index in [1.165, 1.54) is 12.1 Å². The van der Waals surface area contributed by atoms with E-state index in [-0.39, 0.29) is 11.6 Å². The Morgan fingerprint density at radius 2 is 1.64 bits per heavy atom. The van der Waals surface area contributed by atoms with E-state index in [4.69, 9.17) is 4.74 Å². The van der Waals surface area contributed by atoms with Crippen LogP contribution >= 0.6 is 0 Å². The van der Waals surface area contributed by atoms with Crippen molar-refractivity contribution in [3.63, 3.8) is 0 Å². The lowest BCUT2D eigenvalue weighted by molar-refractivity contribution is -0.150. The van der Waals surface area contributed by atoms with Gasteiger partial charge in [0.05, 0.1) is 17.2 Å². The SMILES string of the molecule is CCC(C)C(C(=O)OCC(=O)Nc1ccccc1C(F)(F)F)c1ccccc1. The summed E-state index contributed by atoms with van der Waals surface area (Å²) in [4.78, 5) is 24.6. The van der Waals surface area contributed by atoms with Crippen LogP contribution in [0.15, 0.2) is 54.6 Å². The van der Waals surface area contributed by atoms with Crippen molar-refractivity contribution in [1.82, 2.24) is 0 Å². The van der Waals surface area contributed by atoms with Crippen LogP contribution in [0.1, 0.15) is 37.3 Å². The van der Waals surface area contributed by atoms with Crippen molar-refractivity contribution in [3.05, 3.63) is 65.7 Å². The number of hydrogen-bond donors (Lipinski definition) is 1. The van der Waals surface area contributed by atoms with Gasteiger partial charge in [-0.25, -0.2) is 0 Å². The molecule has 1 amide bonds. The highest BCUT2D eigenvalue weighted by Gasteiger charge is 2.34. The number of rotatable bonds is 7. The molecule has 0 saturated heterocycles. The fourth-order valence-electron chi connectivity index (χ4n) is 2.85. The normalized spacial score (nSPS) is 13.5. The number of ether oxygens (including phenoxy) is 1. The van der Waals surface area contributed by atoms with Gasteiger partial charge in [-0.15, -0.1) is 0 Å². The molecule has 7 heteroatoms. The Kier molecular flexibility index (Phi) is 7.20. The van der Waals surface area contributed by atoms with Gasteiger partial charge in [0.2, 0.25) is 0 Å². The summed E-state index contributed by atoms with van der Waals surface area (Å²) in [5.41, 5.74) is -0.571. The highest BCUT2D eigenvalue weighted by molar-refractivity contribution is 5.94. The molecule has 0 saturated carbocycles. The van der Waals surface area contributed by atoms with Crippen molar-refractivity contribution in [2.75, 3.05) is 11.9 Å². The van der Waals surface area contributed by atoms with E-state index in [2.05, 4.69) is 5.32 Å². The summed E-state index contributed by atoms with van der Waals surface area (Å²) in [6.07, 6.45) is -3.88. The summed E-state index contributed by atoms with van der Waals surface area (Å²) in [5.74, 6) is -1.99. The predicted octanol–water partition coefficient (Wildman–Crippen LogP) is 5.02. The van der Waals surface area contributed by atoms with Crippen molar-refractivity contribution in [2.24, 2.45) is 5.92 Å². The predicted molar refractivity (Wildman–Crippen MR) is 99.7 cm³/mol. The largest absolute Gasteiger partial charge is 0.455 e. The zero-order chi connectivity index (χ0) is 20.7. The fraction of sp³-hybridized carbons (Fsp3) is 0.333. The lowest BCUT2D eigenvalue weighted by atomic mass is 9.86. The maximum absolute atomic E-state index is 13.0. The van der Waals surface area contributed by atoms with E-state index < -0.39 is 36.1 Å². The second-order valence-corrected chi connectivity index (χ2v) is 6.47. The summed E-state index contributed by atoms with van der Waals surface area (Å²) in [5, 5.41) is 2.16. The third kappa shape index (κ3) is 5.58. The number of carbonyl (C=O) groups excluding carboxylic acids is 2. The van der Waals surface area contributed by atoms with Gasteiger partial charge in [-0.3, -0.25) is 9.59 Å². The first-order chi connectivity index (χ1) is 13.2. The summed E-state index contributed by atoms with van der Waals surface area (Å²) in [6, 6.07) is 13.7. The minimum Gasteiger partial charge on any atom is -0.455 e. The molecule has 2 atom stereocenters. The van der Waals surface area contributed by atoms with E-state index >= 15 is 0 Å². The number of esters is 1. The first-order valence-corrected chi connectivity index (χ1v) is 8.91. The number of hydrogen-bond acceptors (Lipinski definition) is 3. The van der Waals surface area contributed by atoms with Gasteiger partial charge < -0.3 is 10.1 Å². The van der Waals surface area contributed by atoms with Crippen LogP contribution < -0.4 is 5.32 Å². The van der Waals surface area contributed by atoms with E-state index in [1.807, 2.05) is 19.9 Å². The number of para-hydroxylation sites is 1. The van der Waals surface area contributed by atoms with Crippen molar-refractivity contribution in [3.8, 4) is 0 Å². The molecule has 0 heterocycles. The van der Waals surface area contributed by atoms with Gasteiger partial charge in [-0.2, -0.15) is 13.2 Å². The second-order valence-electron chi connectivity index (χ2n) is 6.47. The summed E-state index contributed by atoms with van der Waals surface area (Å²) >= 11 is 0. The topological polar surface area (TPSA) is 55.4 Å². The molecule has 2 unspecified atom stereocenters. The van der Waals surface area contributed by atoms with Gasteiger partial charge in [0.1, 0.15) is 0 Å². The van der Waals surface area contributed by atoms with Crippen LogP contribution in [0.4, 0.5) is 18.9 Å². The molecule has 0 spiro atoms. The molecule has 0 aliphatic carbocycles.